The molecule has 1 aromatic carbocycles. The Balaban J connectivity index is 1.56. The molecule has 6 heteroatoms. The second-order valence-corrected chi connectivity index (χ2v) is 9.27. The number of fused-ring (bicyclic) bond motifs is 4. The van der Waals surface area contributed by atoms with E-state index in [1.165, 1.54) is 11.1 Å². The first kappa shape index (κ1) is 20.2. The van der Waals surface area contributed by atoms with E-state index < -0.39 is 0 Å². The first-order valence-corrected chi connectivity index (χ1v) is 11.2. The molecule has 6 nitrogen and oxygen atoms in total. The highest BCUT2D eigenvalue weighted by atomic mass is 16.5. The van der Waals surface area contributed by atoms with Crippen molar-refractivity contribution in [2.75, 3.05) is 49.9 Å². The minimum Gasteiger partial charge on any atom is -0.383 e. The lowest BCUT2D eigenvalue weighted by Gasteiger charge is -2.38. The summed E-state index contributed by atoms with van der Waals surface area (Å²) < 4.78 is 5.18. The number of hydrogen-bond donors (Lipinski definition) is 2. The van der Waals surface area contributed by atoms with Crippen LogP contribution >= 0.6 is 0 Å². The topological polar surface area (TPSA) is 56.8 Å². The molecule has 2 N–H and O–H groups in total. The second-order valence-electron chi connectivity index (χ2n) is 9.27. The van der Waals surface area contributed by atoms with E-state index in [-0.39, 0.29) is 17.6 Å². The number of hydrogen-bond acceptors (Lipinski definition) is 5. The highest BCUT2D eigenvalue weighted by Gasteiger charge is 2.42. The van der Waals surface area contributed by atoms with Crippen molar-refractivity contribution >= 4 is 23.0 Å². The van der Waals surface area contributed by atoms with Gasteiger partial charge in [-0.3, -0.25) is 4.79 Å². The van der Waals surface area contributed by atoms with Crippen LogP contribution in [0.15, 0.2) is 41.5 Å². The number of ether oxygens (including phenoxy) is 1. The molecule has 2 atom stereocenters. The lowest BCUT2D eigenvalue weighted by atomic mass is 9.82. The molecule has 0 saturated heterocycles. The molecular weight excluding hydrogens is 388 g/mol. The SMILES string of the molecule is COCCN(C)C(=O)c1cc2c(c3c1CCC1(C=C4CC=CC=C4C1)N3)NC(C)N2C. The van der Waals surface area contributed by atoms with Crippen LogP contribution in [-0.4, -0.2) is 56.9 Å². The van der Waals surface area contributed by atoms with Crippen molar-refractivity contribution in [3.8, 4) is 0 Å². The van der Waals surface area contributed by atoms with Crippen molar-refractivity contribution < 1.29 is 9.53 Å². The summed E-state index contributed by atoms with van der Waals surface area (Å²) in [5, 5.41) is 7.56. The smallest absolute Gasteiger partial charge is 0.254 e. The van der Waals surface area contributed by atoms with Gasteiger partial charge in [-0.25, -0.2) is 0 Å². The van der Waals surface area contributed by atoms with Gasteiger partial charge in [-0.1, -0.05) is 24.3 Å². The Morgan fingerprint density at radius 1 is 1.35 bits per heavy atom. The quantitative estimate of drug-likeness (QED) is 0.773. The van der Waals surface area contributed by atoms with Gasteiger partial charge in [-0.15, -0.1) is 0 Å². The van der Waals surface area contributed by atoms with Crippen LogP contribution < -0.4 is 15.5 Å². The van der Waals surface area contributed by atoms with Gasteiger partial charge in [0.15, 0.2) is 0 Å². The average molecular weight is 421 g/mol. The van der Waals surface area contributed by atoms with E-state index in [9.17, 15) is 4.79 Å². The summed E-state index contributed by atoms with van der Waals surface area (Å²) >= 11 is 0. The molecule has 0 bridgehead atoms. The lowest BCUT2D eigenvalue weighted by Crippen LogP contribution is -2.40. The molecule has 2 aliphatic heterocycles. The molecule has 0 aromatic heterocycles. The van der Waals surface area contributed by atoms with E-state index >= 15 is 0 Å². The van der Waals surface area contributed by atoms with Gasteiger partial charge < -0.3 is 25.2 Å². The summed E-state index contributed by atoms with van der Waals surface area (Å²) in [6.45, 7) is 3.27. The number of benzene rings is 1. The van der Waals surface area contributed by atoms with Crippen molar-refractivity contribution in [3.63, 3.8) is 0 Å². The van der Waals surface area contributed by atoms with Gasteiger partial charge in [-0.05, 0) is 55.4 Å². The maximum Gasteiger partial charge on any atom is 0.254 e. The van der Waals surface area contributed by atoms with Crippen molar-refractivity contribution in [1.29, 1.82) is 0 Å². The Kier molecular flexibility index (Phi) is 4.85. The van der Waals surface area contributed by atoms with Crippen molar-refractivity contribution in [3.05, 3.63) is 52.6 Å². The fraction of sp³-hybridized carbons (Fsp3) is 0.480. The molecule has 1 amide bonds. The van der Waals surface area contributed by atoms with Crippen LogP contribution in [0.2, 0.25) is 0 Å². The average Bonchev–Trinajstić information content (AvgIpc) is 3.27. The Bertz CT molecular complexity index is 1020. The third kappa shape index (κ3) is 3.24. The Hall–Kier alpha value is -2.73. The second kappa shape index (κ2) is 7.45. The van der Waals surface area contributed by atoms with E-state index in [0.717, 1.165) is 53.9 Å². The van der Waals surface area contributed by atoms with Crippen LogP contribution in [0, 0.1) is 0 Å². The highest BCUT2D eigenvalue weighted by Crippen LogP contribution is 2.51. The summed E-state index contributed by atoms with van der Waals surface area (Å²) in [4.78, 5) is 17.4. The summed E-state index contributed by atoms with van der Waals surface area (Å²) in [6, 6.07) is 2.08. The third-order valence-corrected chi connectivity index (χ3v) is 7.27. The number of nitrogens with one attached hydrogen (secondary N) is 2. The zero-order chi connectivity index (χ0) is 21.8. The maximum atomic E-state index is 13.4. The molecule has 2 heterocycles. The summed E-state index contributed by atoms with van der Waals surface area (Å²) in [5.74, 6) is 0.0622. The van der Waals surface area contributed by atoms with E-state index in [4.69, 9.17) is 4.74 Å². The molecule has 5 rings (SSSR count). The Labute approximate surface area is 184 Å². The molecule has 1 spiro atoms. The third-order valence-electron chi connectivity index (χ3n) is 7.27. The molecule has 0 radical (unpaired) electrons. The van der Waals surface area contributed by atoms with Gasteiger partial charge in [0.2, 0.25) is 0 Å². The summed E-state index contributed by atoms with van der Waals surface area (Å²) in [6.07, 6.45) is 13.2. The standard InChI is InChI=1S/C25H32N4O2/c1-16-26-23-21(29(16)3)13-20(24(30)28(2)11-12-31-4)19-9-10-25(27-22(19)23)14-17-7-5-6-8-18(17)15-25/h5-7,13,15-16,26-27H,8-12,14H2,1-4H3. The molecule has 2 unspecified atom stereocenters. The number of likely N-dealkylation sites (N-methyl/N-ethyl adjacent to an activating group) is 1. The molecule has 164 valence electrons. The van der Waals surface area contributed by atoms with Gasteiger partial charge in [0.25, 0.3) is 5.91 Å². The first-order valence-electron chi connectivity index (χ1n) is 11.2. The van der Waals surface area contributed by atoms with Crippen LogP contribution in [0.3, 0.4) is 0 Å². The lowest BCUT2D eigenvalue weighted by molar-refractivity contribution is 0.0743. The number of rotatable bonds is 4. The fourth-order valence-corrected chi connectivity index (χ4v) is 5.34. The zero-order valence-corrected chi connectivity index (χ0v) is 18.9. The molecule has 0 fully saturated rings. The van der Waals surface area contributed by atoms with Crippen LogP contribution in [0.4, 0.5) is 17.1 Å². The number of amides is 1. The van der Waals surface area contributed by atoms with Crippen molar-refractivity contribution in [2.45, 2.75) is 44.3 Å². The maximum absolute atomic E-state index is 13.4. The monoisotopic (exact) mass is 420 g/mol. The molecule has 2 aliphatic carbocycles. The van der Waals surface area contributed by atoms with E-state index in [1.54, 1.807) is 12.0 Å². The Morgan fingerprint density at radius 3 is 2.97 bits per heavy atom. The van der Waals surface area contributed by atoms with E-state index in [2.05, 4.69) is 59.9 Å². The van der Waals surface area contributed by atoms with Gasteiger partial charge in [-0.2, -0.15) is 0 Å². The zero-order valence-electron chi connectivity index (χ0n) is 18.9. The van der Waals surface area contributed by atoms with Crippen LogP contribution in [0.25, 0.3) is 0 Å². The number of carbonyl (C=O) groups excluding carboxylic acids is 1. The van der Waals surface area contributed by atoms with Crippen molar-refractivity contribution in [2.24, 2.45) is 0 Å². The molecule has 31 heavy (non-hydrogen) atoms. The largest absolute Gasteiger partial charge is 0.383 e. The van der Waals surface area contributed by atoms with Crippen molar-refractivity contribution in [1.82, 2.24) is 4.90 Å². The number of carbonyl (C=O) groups is 1. The normalized spacial score (nSPS) is 25.3. The molecule has 4 aliphatic rings. The minimum absolute atomic E-state index is 0.0622. The first-order chi connectivity index (χ1) is 14.9. The number of methoxy groups -OCH3 is 1. The summed E-state index contributed by atoms with van der Waals surface area (Å²) in [5.41, 5.74) is 8.08. The molecule has 0 saturated carbocycles. The molecular formula is C25H32N4O2. The predicted molar refractivity (Wildman–Crippen MR) is 126 cm³/mol. The van der Waals surface area contributed by atoms with Crippen LogP contribution in [-0.2, 0) is 11.2 Å². The Morgan fingerprint density at radius 2 is 2.19 bits per heavy atom. The fourth-order valence-electron chi connectivity index (χ4n) is 5.34. The van der Waals surface area contributed by atoms with Gasteiger partial charge in [0.05, 0.1) is 35.4 Å². The predicted octanol–water partition coefficient (Wildman–Crippen LogP) is 3.93. The number of nitrogens with zero attached hydrogens (tertiary/aromatic N) is 2. The van der Waals surface area contributed by atoms with Gasteiger partial charge in [0, 0.05) is 33.3 Å². The van der Waals surface area contributed by atoms with Crippen LogP contribution in [0.1, 0.15) is 42.1 Å². The molecule has 1 aromatic rings. The summed E-state index contributed by atoms with van der Waals surface area (Å²) in [7, 11) is 5.61. The van der Waals surface area contributed by atoms with E-state index in [1.807, 2.05) is 7.05 Å². The highest BCUT2D eigenvalue weighted by molar-refractivity contribution is 6.03. The minimum atomic E-state index is -0.0658. The van der Waals surface area contributed by atoms with Gasteiger partial charge >= 0.3 is 0 Å². The van der Waals surface area contributed by atoms with E-state index in [0.29, 0.717) is 13.2 Å². The van der Waals surface area contributed by atoms with Gasteiger partial charge in [0.1, 0.15) is 0 Å². The number of allylic oxidation sites excluding steroid dienone is 4. The number of anilines is 3. The van der Waals surface area contributed by atoms with Crippen LogP contribution in [0.5, 0.6) is 0 Å².